The molecule has 110 valence electrons. The molecule has 0 bridgehead atoms. The van der Waals surface area contributed by atoms with Gasteiger partial charge in [-0.25, -0.2) is 8.78 Å². The van der Waals surface area contributed by atoms with Gasteiger partial charge < -0.3 is 4.74 Å². The van der Waals surface area contributed by atoms with Crippen LogP contribution in [0.3, 0.4) is 0 Å². The van der Waals surface area contributed by atoms with Gasteiger partial charge in [0.15, 0.2) is 0 Å². The summed E-state index contributed by atoms with van der Waals surface area (Å²) in [5, 5.41) is 0. The summed E-state index contributed by atoms with van der Waals surface area (Å²) < 4.78 is 31.9. The number of carbonyl (C=O) groups excluding carboxylic acids is 1. The lowest BCUT2D eigenvalue weighted by Gasteiger charge is -2.20. The van der Waals surface area contributed by atoms with Gasteiger partial charge in [-0.15, -0.1) is 0 Å². The van der Waals surface area contributed by atoms with Gasteiger partial charge in [-0.3, -0.25) is 4.79 Å². The van der Waals surface area contributed by atoms with Crippen LogP contribution in [0.4, 0.5) is 8.78 Å². The smallest absolute Gasteiger partial charge is 0.306 e. The second-order valence-electron chi connectivity index (χ2n) is 5.59. The Morgan fingerprint density at radius 1 is 1.30 bits per heavy atom. The summed E-state index contributed by atoms with van der Waals surface area (Å²) in [6.45, 7) is 1.87. The molecule has 1 aliphatic heterocycles. The van der Waals surface area contributed by atoms with E-state index in [1.54, 1.807) is 0 Å². The second-order valence-corrected chi connectivity index (χ2v) is 5.59. The van der Waals surface area contributed by atoms with Crippen molar-refractivity contribution in [2.45, 2.75) is 51.6 Å². The monoisotopic (exact) mass is 282 g/mol. The standard InChI is InChI=1S/C16H20F2O2/c1-11-8-12(4-2-3-5-16(19)20-11)9-13-6-7-14(17)10-15(13)18/h6-7,10-12H,2-5,8-9H2,1H3/t11-,12-/m0/s1. The van der Waals surface area contributed by atoms with E-state index in [-0.39, 0.29) is 18.0 Å². The Morgan fingerprint density at radius 3 is 2.85 bits per heavy atom. The summed E-state index contributed by atoms with van der Waals surface area (Å²) in [5.41, 5.74) is 0.536. The first-order valence-electron chi connectivity index (χ1n) is 7.18. The first kappa shape index (κ1) is 14.9. The quantitative estimate of drug-likeness (QED) is 0.766. The Kier molecular flexibility index (Phi) is 5.10. The third-order valence-electron chi connectivity index (χ3n) is 3.76. The van der Waals surface area contributed by atoms with Gasteiger partial charge >= 0.3 is 5.97 Å². The molecule has 1 saturated heterocycles. The number of cyclic esters (lactones) is 1. The van der Waals surface area contributed by atoms with Crippen LogP contribution in [0.2, 0.25) is 0 Å². The fourth-order valence-corrected chi connectivity index (χ4v) is 2.80. The fourth-order valence-electron chi connectivity index (χ4n) is 2.80. The Morgan fingerprint density at radius 2 is 2.10 bits per heavy atom. The topological polar surface area (TPSA) is 26.3 Å². The highest BCUT2D eigenvalue weighted by molar-refractivity contribution is 5.69. The molecule has 0 aromatic heterocycles. The molecule has 1 aromatic rings. The first-order valence-corrected chi connectivity index (χ1v) is 7.18. The van der Waals surface area contributed by atoms with Gasteiger partial charge in [-0.2, -0.15) is 0 Å². The highest BCUT2D eigenvalue weighted by Gasteiger charge is 2.20. The van der Waals surface area contributed by atoms with Crippen LogP contribution in [-0.4, -0.2) is 12.1 Å². The van der Waals surface area contributed by atoms with Gasteiger partial charge in [0.05, 0.1) is 6.10 Å². The summed E-state index contributed by atoms with van der Waals surface area (Å²) in [6.07, 6.45) is 4.30. The maximum absolute atomic E-state index is 13.7. The number of halogens is 2. The number of hydrogen-bond donors (Lipinski definition) is 0. The van der Waals surface area contributed by atoms with E-state index in [1.807, 2.05) is 6.92 Å². The van der Waals surface area contributed by atoms with Crippen molar-refractivity contribution < 1.29 is 18.3 Å². The minimum absolute atomic E-state index is 0.144. The lowest BCUT2D eigenvalue weighted by atomic mass is 9.89. The highest BCUT2D eigenvalue weighted by atomic mass is 19.1. The van der Waals surface area contributed by atoms with E-state index in [4.69, 9.17) is 4.74 Å². The number of ether oxygens (including phenoxy) is 1. The zero-order valence-electron chi connectivity index (χ0n) is 11.7. The molecule has 1 fully saturated rings. The number of rotatable bonds is 2. The minimum atomic E-state index is -0.553. The van der Waals surface area contributed by atoms with Crippen LogP contribution in [-0.2, 0) is 16.0 Å². The van der Waals surface area contributed by atoms with E-state index in [9.17, 15) is 13.6 Å². The number of carbonyl (C=O) groups is 1. The van der Waals surface area contributed by atoms with Crippen molar-refractivity contribution in [3.8, 4) is 0 Å². The normalized spacial score (nSPS) is 24.4. The molecule has 0 spiro atoms. The maximum atomic E-state index is 13.7. The van der Waals surface area contributed by atoms with Crippen LogP contribution < -0.4 is 0 Å². The third kappa shape index (κ3) is 4.29. The molecule has 2 rings (SSSR count). The molecular weight excluding hydrogens is 262 g/mol. The summed E-state index contributed by atoms with van der Waals surface area (Å²) in [7, 11) is 0. The zero-order valence-corrected chi connectivity index (χ0v) is 11.7. The molecule has 0 aliphatic carbocycles. The van der Waals surface area contributed by atoms with Crippen molar-refractivity contribution in [2.75, 3.05) is 0 Å². The Hall–Kier alpha value is -1.45. The van der Waals surface area contributed by atoms with Crippen molar-refractivity contribution in [1.82, 2.24) is 0 Å². The number of benzene rings is 1. The highest BCUT2D eigenvalue weighted by Crippen LogP contribution is 2.25. The molecule has 0 amide bonds. The summed E-state index contributed by atoms with van der Waals surface area (Å²) in [5.74, 6) is -0.931. The fraction of sp³-hybridized carbons (Fsp3) is 0.562. The predicted octanol–water partition coefficient (Wildman–Crippen LogP) is 4.02. The molecule has 2 nitrogen and oxygen atoms in total. The minimum Gasteiger partial charge on any atom is -0.463 e. The third-order valence-corrected chi connectivity index (χ3v) is 3.76. The van der Waals surface area contributed by atoms with Crippen LogP contribution in [0.1, 0.15) is 44.6 Å². The maximum Gasteiger partial charge on any atom is 0.306 e. The molecule has 20 heavy (non-hydrogen) atoms. The van der Waals surface area contributed by atoms with E-state index in [1.165, 1.54) is 12.1 Å². The SMILES string of the molecule is C[C@H]1C[C@@H](Cc2ccc(F)cc2F)CCCCC(=O)O1. The molecule has 1 aromatic carbocycles. The lowest BCUT2D eigenvalue weighted by Crippen LogP contribution is -2.18. The number of hydrogen-bond acceptors (Lipinski definition) is 2. The number of esters is 1. The van der Waals surface area contributed by atoms with Crippen molar-refractivity contribution >= 4 is 5.97 Å². The van der Waals surface area contributed by atoms with Crippen molar-refractivity contribution in [3.05, 3.63) is 35.4 Å². The molecule has 1 aliphatic rings. The molecule has 0 N–H and O–H groups in total. The van der Waals surface area contributed by atoms with E-state index >= 15 is 0 Å². The molecule has 0 radical (unpaired) electrons. The van der Waals surface area contributed by atoms with Gasteiger partial charge in [-0.05, 0) is 50.2 Å². The van der Waals surface area contributed by atoms with E-state index in [2.05, 4.69) is 0 Å². The summed E-state index contributed by atoms with van der Waals surface area (Å²) in [4.78, 5) is 11.4. The van der Waals surface area contributed by atoms with Crippen LogP contribution in [0.25, 0.3) is 0 Å². The molecule has 0 unspecified atom stereocenters. The van der Waals surface area contributed by atoms with E-state index in [0.29, 0.717) is 18.4 Å². The van der Waals surface area contributed by atoms with E-state index < -0.39 is 11.6 Å². The molecular formula is C16H20F2O2. The lowest BCUT2D eigenvalue weighted by molar-refractivity contribution is -0.148. The van der Waals surface area contributed by atoms with Gasteiger partial charge in [0.1, 0.15) is 11.6 Å². The zero-order chi connectivity index (χ0) is 14.5. The van der Waals surface area contributed by atoms with Crippen LogP contribution in [0.5, 0.6) is 0 Å². The largest absolute Gasteiger partial charge is 0.463 e. The van der Waals surface area contributed by atoms with Gasteiger partial charge in [0.2, 0.25) is 0 Å². The molecule has 4 heteroatoms. The average molecular weight is 282 g/mol. The van der Waals surface area contributed by atoms with Crippen molar-refractivity contribution in [2.24, 2.45) is 5.92 Å². The van der Waals surface area contributed by atoms with Gasteiger partial charge in [0, 0.05) is 12.5 Å². The first-order chi connectivity index (χ1) is 9.54. The van der Waals surface area contributed by atoms with Gasteiger partial charge in [-0.1, -0.05) is 12.5 Å². The van der Waals surface area contributed by atoms with Gasteiger partial charge in [0.25, 0.3) is 0 Å². The molecule has 1 heterocycles. The van der Waals surface area contributed by atoms with Crippen LogP contribution >= 0.6 is 0 Å². The van der Waals surface area contributed by atoms with Crippen molar-refractivity contribution in [3.63, 3.8) is 0 Å². The summed E-state index contributed by atoms with van der Waals surface area (Å²) >= 11 is 0. The second kappa shape index (κ2) is 6.82. The Labute approximate surface area is 118 Å². The van der Waals surface area contributed by atoms with E-state index in [0.717, 1.165) is 31.7 Å². The Balaban J connectivity index is 2.04. The van der Waals surface area contributed by atoms with Crippen LogP contribution in [0.15, 0.2) is 18.2 Å². The predicted molar refractivity (Wildman–Crippen MR) is 72.2 cm³/mol. The molecule has 2 atom stereocenters. The summed E-state index contributed by atoms with van der Waals surface area (Å²) in [6, 6.07) is 3.72. The Bertz CT molecular complexity index is 474. The van der Waals surface area contributed by atoms with Crippen LogP contribution in [0, 0.1) is 17.6 Å². The molecule has 0 saturated carbocycles. The van der Waals surface area contributed by atoms with Crippen molar-refractivity contribution in [1.29, 1.82) is 0 Å². The average Bonchev–Trinajstić information content (AvgIpc) is 2.44.